The second-order valence-corrected chi connectivity index (χ2v) is 6.85. The van der Waals surface area contributed by atoms with Crippen LogP contribution in [0.25, 0.3) is 0 Å². The normalized spacial score (nSPS) is 10.6. The van der Waals surface area contributed by atoms with E-state index in [0.29, 0.717) is 0 Å². The van der Waals surface area contributed by atoms with Gasteiger partial charge in [-0.3, -0.25) is 0 Å². The first-order valence-corrected chi connectivity index (χ1v) is 9.40. The van der Waals surface area contributed by atoms with Crippen LogP contribution in [0.5, 0.6) is 5.75 Å². The van der Waals surface area contributed by atoms with Gasteiger partial charge in [0.25, 0.3) is 0 Å². The third-order valence-corrected chi connectivity index (χ3v) is 4.86. The maximum Gasteiger partial charge on any atom is 0.318 e. The molecule has 0 radical (unpaired) electrons. The number of hydrogen-bond donors (Lipinski definition) is 2. The van der Waals surface area contributed by atoms with Gasteiger partial charge in [0.05, 0.1) is 6.04 Å². The van der Waals surface area contributed by atoms with Crippen LogP contribution in [0.2, 0.25) is 0 Å². The number of nitrogens with one attached hydrogen (secondary N) is 2. The molecule has 0 aliphatic carbocycles. The van der Waals surface area contributed by atoms with Gasteiger partial charge >= 0.3 is 6.03 Å². The first-order valence-electron chi connectivity index (χ1n) is 9.40. The first kappa shape index (κ1) is 19.5. The number of urea groups is 1. The lowest BCUT2D eigenvalue weighted by molar-refractivity contribution is 0.221. The zero-order chi connectivity index (χ0) is 19.9. The molecular formula is C24H26N2O2. The van der Waals surface area contributed by atoms with E-state index in [-0.39, 0.29) is 18.8 Å². The molecule has 4 heteroatoms. The maximum atomic E-state index is 12.5. The molecule has 144 valence electrons. The van der Waals surface area contributed by atoms with Gasteiger partial charge in [-0.2, -0.15) is 0 Å². The number of benzene rings is 3. The summed E-state index contributed by atoms with van der Waals surface area (Å²) in [6.45, 7) is 6.18. The van der Waals surface area contributed by atoms with E-state index in [2.05, 4.69) is 16.7 Å². The summed E-state index contributed by atoms with van der Waals surface area (Å²) in [5, 5.41) is 5.85. The molecule has 0 atom stereocenters. The zero-order valence-corrected chi connectivity index (χ0v) is 16.5. The molecule has 4 nitrogen and oxygen atoms in total. The van der Waals surface area contributed by atoms with Crippen LogP contribution >= 0.6 is 0 Å². The maximum absolute atomic E-state index is 12.5. The molecule has 3 aromatic carbocycles. The summed E-state index contributed by atoms with van der Waals surface area (Å²) in [5.41, 5.74) is 5.36. The minimum Gasteiger partial charge on any atom is -0.473 e. The Morgan fingerprint density at radius 2 is 1.36 bits per heavy atom. The highest BCUT2D eigenvalue weighted by atomic mass is 16.5. The van der Waals surface area contributed by atoms with E-state index in [1.54, 1.807) is 0 Å². The van der Waals surface area contributed by atoms with Crippen LogP contribution in [-0.2, 0) is 0 Å². The van der Waals surface area contributed by atoms with Crippen LogP contribution in [-0.4, -0.2) is 12.8 Å². The SMILES string of the molecule is Cc1ccc(C)c(OCNC(=O)NC(c2ccccc2)c2ccccc2)c1C. The average Bonchev–Trinajstić information content (AvgIpc) is 2.73. The Hall–Kier alpha value is -3.27. The average molecular weight is 374 g/mol. The summed E-state index contributed by atoms with van der Waals surface area (Å²) >= 11 is 0. The summed E-state index contributed by atoms with van der Waals surface area (Å²) in [5.74, 6) is 0.822. The van der Waals surface area contributed by atoms with Gasteiger partial charge in [-0.15, -0.1) is 0 Å². The van der Waals surface area contributed by atoms with E-state index in [9.17, 15) is 4.79 Å². The Bertz CT molecular complexity index is 885. The Morgan fingerprint density at radius 3 is 1.93 bits per heavy atom. The van der Waals surface area contributed by atoms with Gasteiger partial charge in [-0.1, -0.05) is 72.8 Å². The highest BCUT2D eigenvalue weighted by Gasteiger charge is 2.16. The van der Waals surface area contributed by atoms with Crippen LogP contribution in [0, 0.1) is 20.8 Å². The van der Waals surface area contributed by atoms with Crippen molar-refractivity contribution in [3.63, 3.8) is 0 Å². The van der Waals surface area contributed by atoms with Crippen molar-refractivity contribution in [1.29, 1.82) is 0 Å². The number of hydrogen-bond acceptors (Lipinski definition) is 2. The fourth-order valence-electron chi connectivity index (χ4n) is 3.15. The molecule has 3 rings (SSSR count). The van der Waals surface area contributed by atoms with Gasteiger partial charge in [0.15, 0.2) is 6.73 Å². The van der Waals surface area contributed by atoms with Crippen LogP contribution in [0.3, 0.4) is 0 Å². The van der Waals surface area contributed by atoms with E-state index in [4.69, 9.17) is 4.74 Å². The molecule has 3 aromatic rings. The van der Waals surface area contributed by atoms with E-state index in [0.717, 1.165) is 28.0 Å². The predicted molar refractivity (Wildman–Crippen MR) is 113 cm³/mol. The van der Waals surface area contributed by atoms with Crippen molar-refractivity contribution in [2.24, 2.45) is 0 Å². The van der Waals surface area contributed by atoms with Crippen molar-refractivity contribution in [3.8, 4) is 5.75 Å². The van der Waals surface area contributed by atoms with Gasteiger partial charge in [0, 0.05) is 0 Å². The molecule has 0 saturated carbocycles. The molecule has 0 fully saturated rings. The van der Waals surface area contributed by atoms with E-state index in [1.165, 1.54) is 5.56 Å². The third kappa shape index (κ3) is 4.71. The molecule has 0 spiro atoms. The molecule has 0 bridgehead atoms. The number of carbonyl (C=O) groups excluding carboxylic acids is 1. The van der Waals surface area contributed by atoms with Crippen LogP contribution in [0.4, 0.5) is 4.79 Å². The monoisotopic (exact) mass is 374 g/mol. The topological polar surface area (TPSA) is 50.4 Å². The smallest absolute Gasteiger partial charge is 0.318 e. The molecule has 0 saturated heterocycles. The van der Waals surface area contributed by atoms with Crippen molar-refractivity contribution in [2.75, 3.05) is 6.73 Å². The highest BCUT2D eigenvalue weighted by Crippen LogP contribution is 2.25. The van der Waals surface area contributed by atoms with E-state index >= 15 is 0 Å². The zero-order valence-electron chi connectivity index (χ0n) is 16.5. The van der Waals surface area contributed by atoms with Gasteiger partial charge in [-0.05, 0) is 48.6 Å². The van der Waals surface area contributed by atoms with Gasteiger partial charge < -0.3 is 15.4 Å². The summed E-state index contributed by atoms with van der Waals surface area (Å²) < 4.78 is 5.84. The predicted octanol–water partition coefficient (Wildman–Crippen LogP) is 5.04. The number of carbonyl (C=O) groups is 1. The first-order chi connectivity index (χ1) is 13.6. The van der Waals surface area contributed by atoms with Crippen LogP contribution in [0.15, 0.2) is 72.8 Å². The Balaban J connectivity index is 1.66. The summed E-state index contributed by atoms with van der Waals surface area (Å²) in [4.78, 5) is 12.5. The van der Waals surface area contributed by atoms with Crippen molar-refractivity contribution >= 4 is 6.03 Å². The third-order valence-electron chi connectivity index (χ3n) is 4.86. The highest BCUT2D eigenvalue weighted by molar-refractivity contribution is 5.75. The van der Waals surface area contributed by atoms with Crippen molar-refractivity contribution < 1.29 is 9.53 Å². The Morgan fingerprint density at radius 1 is 0.821 bits per heavy atom. The van der Waals surface area contributed by atoms with Gasteiger partial charge in [0.1, 0.15) is 5.75 Å². The molecular weight excluding hydrogens is 348 g/mol. The minimum absolute atomic E-state index is 0.104. The van der Waals surface area contributed by atoms with Crippen molar-refractivity contribution in [3.05, 3.63) is 101 Å². The Kier molecular flexibility index (Phi) is 6.33. The van der Waals surface area contributed by atoms with Crippen molar-refractivity contribution in [2.45, 2.75) is 26.8 Å². The molecule has 0 unspecified atom stereocenters. The molecule has 0 aromatic heterocycles. The van der Waals surface area contributed by atoms with Gasteiger partial charge in [-0.25, -0.2) is 4.79 Å². The molecule has 0 heterocycles. The second kappa shape index (κ2) is 9.09. The van der Waals surface area contributed by atoms with Crippen LogP contribution in [0.1, 0.15) is 33.9 Å². The molecule has 0 aliphatic rings. The molecule has 2 amide bonds. The van der Waals surface area contributed by atoms with E-state index < -0.39 is 0 Å². The Labute approximate surface area is 166 Å². The fraction of sp³-hybridized carbons (Fsp3) is 0.208. The standard InChI is InChI=1S/C24H26N2O2/c1-17-14-15-18(2)23(19(17)3)28-16-25-24(27)26-22(20-10-6-4-7-11-20)21-12-8-5-9-13-21/h4-15,22H,16H2,1-3H3,(H2,25,26,27). The lowest BCUT2D eigenvalue weighted by Crippen LogP contribution is -2.40. The second-order valence-electron chi connectivity index (χ2n) is 6.85. The molecule has 2 N–H and O–H groups in total. The summed E-state index contributed by atoms with van der Waals surface area (Å²) in [7, 11) is 0. The molecule has 28 heavy (non-hydrogen) atoms. The lowest BCUT2D eigenvalue weighted by Gasteiger charge is -2.21. The van der Waals surface area contributed by atoms with Crippen molar-refractivity contribution in [1.82, 2.24) is 10.6 Å². The van der Waals surface area contributed by atoms with E-state index in [1.807, 2.05) is 87.5 Å². The quantitative estimate of drug-likeness (QED) is 0.594. The number of ether oxygens (including phenoxy) is 1. The minimum atomic E-state index is -0.277. The molecule has 0 aliphatic heterocycles. The number of aryl methyl sites for hydroxylation is 2. The fourth-order valence-corrected chi connectivity index (χ4v) is 3.15. The lowest BCUT2D eigenvalue weighted by atomic mass is 9.99. The summed E-state index contributed by atoms with van der Waals surface area (Å²) in [6, 6.07) is 23.4. The van der Waals surface area contributed by atoms with Gasteiger partial charge in [0.2, 0.25) is 0 Å². The number of amides is 2. The summed E-state index contributed by atoms with van der Waals surface area (Å²) in [6.07, 6.45) is 0. The number of rotatable bonds is 6. The van der Waals surface area contributed by atoms with Crippen LogP contribution < -0.4 is 15.4 Å². The largest absolute Gasteiger partial charge is 0.473 e.